The lowest BCUT2D eigenvalue weighted by Gasteiger charge is -2.20. The Balaban J connectivity index is 1.58. The summed E-state index contributed by atoms with van der Waals surface area (Å²) in [6.07, 6.45) is 4.21. The molecule has 0 atom stereocenters. The van der Waals surface area contributed by atoms with Crippen LogP contribution in [0.1, 0.15) is 34.5 Å². The van der Waals surface area contributed by atoms with Crippen LogP contribution in [0.5, 0.6) is 11.5 Å². The Labute approximate surface area is 208 Å². The fourth-order valence-electron chi connectivity index (χ4n) is 3.93. The number of rotatable bonds is 8. The van der Waals surface area contributed by atoms with Crippen molar-refractivity contribution in [2.24, 2.45) is 0 Å². The standard InChI is InChI=1S/C27H27N3O6/c1-17-8-10-19(15-22(17)30-12-4-7-25(30)31)28-27(33)21(16-20-6-5-13-36-20)29-26(32)18-9-11-23(34-2)24(14-18)35-3/h5-6,8-11,13-16H,4,7,12H2,1-3H3,(H,28,33)(H,29,32)/b21-16-. The maximum atomic E-state index is 13.3. The lowest BCUT2D eigenvalue weighted by molar-refractivity contribution is -0.117. The van der Waals surface area contributed by atoms with Gasteiger partial charge in [-0.15, -0.1) is 0 Å². The lowest BCUT2D eigenvalue weighted by Crippen LogP contribution is -2.31. The van der Waals surface area contributed by atoms with Gasteiger partial charge in [-0.2, -0.15) is 0 Å². The van der Waals surface area contributed by atoms with Gasteiger partial charge in [0.2, 0.25) is 5.91 Å². The molecule has 4 rings (SSSR count). The van der Waals surface area contributed by atoms with E-state index in [2.05, 4.69) is 10.6 Å². The van der Waals surface area contributed by atoms with Gasteiger partial charge in [0.1, 0.15) is 11.5 Å². The van der Waals surface area contributed by atoms with Gasteiger partial charge in [0, 0.05) is 36.0 Å². The second-order valence-electron chi connectivity index (χ2n) is 8.20. The molecule has 36 heavy (non-hydrogen) atoms. The fourth-order valence-corrected chi connectivity index (χ4v) is 3.93. The van der Waals surface area contributed by atoms with Gasteiger partial charge in [-0.25, -0.2) is 0 Å². The Hall–Kier alpha value is -4.53. The number of ether oxygens (including phenoxy) is 2. The molecule has 2 aromatic carbocycles. The second kappa shape index (κ2) is 10.8. The molecule has 0 unspecified atom stereocenters. The van der Waals surface area contributed by atoms with Crippen LogP contribution < -0.4 is 25.0 Å². The topological polar surface area (TPSA) is 110 Å². The molecule has 1 aliphatic rings. The number of hydrogen-bond acceptors (Lipinski definition) is 6. The number of carbonyl (C=O) groups excluding carboxylic acids is 3. The molecule has 1 aromatic heterocycles. The molecular weight excluding hydrogens is 462 g/mol. The Kier molecular flexibility index (Phi) is 7.39. The maximum absolute atomic E-state index is 13.3. The number of benzene rings is 2. The van der Waals surface area contributed by atoms with Crippen molar-refractivity contribution in [2.45, 2.75) is 19.8 Å². The van der Waals surface area contributed by atoms with Gasteiger partial charge < -0.3 is 29.4 Å². The van der Waals surface area contributed by atoms with Crippen molar-refractivity contribution < 1.29 is 28.3 Å². The van der Waals surface area contributed by atoms with Crippen LogP contribution in [-0.2, 0) is 9.59 Å². The first-order chi connectivity index (χ1) is 17.4. The van der Waals surface area contributed by atoms with E-state index in [1.165, 1.54) is 32.6 Å². The van der Waals surface area contributed by atoms with Gasteiger partial charge in [0.05, 0.1) is 20.5 Å². The highest BCUT2D eigenvalue weighted by atomic mass is 16.5. The number of furan rings is 1. The van der Waals surface area contributed by atoms with Crippen molar-refractivity contribution in [3.8, 4) is 11.5 Å². The van der Waals surface area contributed by atoms with Crippen molar-refractivity contribution in [2.75, 3.05) is 31.0 Å². The molecule has 1 fully saturated rings. The molecule has 9 heteroatoms. The van der Waals surface area contributed by atoms with Gasteiger partial charge >= 0.3 is 0 Å². The monoisotopic (exact) mass is 489 g/mol. The minimum Gasteiger partial charge on any atom is -0.493 e. The average molecular weight is 490 g/mol. The number of amides is 3. The van der Waals surface area contributed by atoms with E-state index >= 15 is 0 Å². The number of hydrogen-bond donors (Lipinski definition) is 2. The summed E-state index contributed by atoms with van der Waals surface area (Å²) in [4.78, 5) is 40.2. The highest BCUT2D eigenvalue weighted by molar-refractivity contribution is 6.11. The highest BCUT2D eigenvalue weighted by Crippen LogP contribution is 2.29. The molecule has 0 radical (unpaired) electrons. The molecule has 0 spiro atoms. The van der Waals surface area contributed by atoms with Crippen molar-refractivity contribution in [3.05, 3.63) is 77.4 Å². The summed E-state index contributed by atoms with van der Waals surface area (Å²) in [7, 11) is 2.98. The van der Waals surface area contributed by atoms with Gasteiger partial charge in [-0.05, 0) is 61.4 Å². The van der Waals surface area contributed by atoms with E-state index in [1.54, 1.807) is 41.3 Å². The molecule has 3 aromatic rings. The molecule has 9 nitrogen and oxygen atoms in total. The Morgan fingerprint density at radius 3 is 2.53 bits per heavy atom. The zero-order valence-electron chi connectivity index (χ0n) is 20.3. The molecule has 2 N–H and O–H groups in total. The van der Waals surface area contributed by atoms with Gasteiger partial charge in [-0.3, -0.25) is 14.4 Å². The zero-order valence-corrected chi connectivity index (χ0v) is 20.3. The summed E-state index contributed by atoms with van der Waals surface area (Å²) in [5, 5.41) is 5.47. The number of aryl methyl sites for hydroxylation is 1. The van der Waals surface area contributed by atoms with E-state index in [-0.39, 0.29) is 17.2 Å². The van der Waals surface area contributed by atoms with E-state index in [9.17, 15) is 14.4 Å². The second-order valence-corrected chi connectivity index (χ2v) is 8.20. The third kappa shape index (κ3) is 5.41. The maximum Gasteiger partial charge on any atom is 0.272 e. The van der Waals surface area contributed by atoms with Gasteiger partial charge in [0.25, 0.3) is 11.8 Å². The first-order valence-electron chi connectivity index (χ1n) is 11.4. The Bertz CT molecular complexity index is 1310. The zero-order chi connectivity index (χ0) is 25.7. The van der Waals surface area contributed by atoms with Crippen LogP contribution in [0.4, 0.5) is 11.4 Å². The predicted molar refractivity (Wildman–Crippen MR) is 135 cm³/mol. The molecule has 1 saturated heterocycles. The summed E-state index contributed by atoms with van der Waals surface area (Å²) in [6, 6.07) is 13.4. The minimum atomic E-state index is -0.553. The summed E-state index contributed by atoms with van der Waals surface area (Å²) in [6.45, 7) is 2.56. The summed E-state index contributed by atoms with van der Waals surface area (Å²) >= 11 is 0. The fraction of sp³-hybridized carbons (Fsp3) is 0.222. The SMILES string of the molecule is COc1ccc(C(=O)N/C(=C\c2ccco2)C(=O)Nc2ccc(C)c(N3CCCC3=O)c2)cc1OC. The number of carbonyl (C=O) groups is 3. The first kappa shape index (κ1) is 24.6. The van der Waals surface area contributed by atoms with Crippen LogP contribution in [0, 0.1) is 6.92 Å². The smallest absolute Gasteiger partial charge is 0.272 e. The average Bonchev–Trinajstić information content (AvgIpc) is 3.55. The third-order valence-corrected chi connectivity index (χ3v) is 5.80. The summed E-state index contributed by atoms with van der Waals surface area (Å²) in [5.41, 5.74) is 2.42. The van der Waals surface area contributed by atoms with Crippen molar-refractivity contribution in [1.82, 2.24) is 5.32 Å². The minimum absolute atomic E-state index is 0.0240. The van der Waals surface area contributed by atoms with Crippen LogP contribution in [-0.4, -0.2) is 38.5 Å². The first-order valence-corrected chi connectivity index (χ1v) is 11.4. The normalized spacial score (nSPS) is 13.5. The number of anilines is 2. The van der Waals surface area contributed by atoms with Crippen LogP contribution in [0.25, 0.3) is 6.08 Å². The molecule has 3 amide bonds. The predicted octanol–water partition coefficient (Wildman–Crippen LogP) is 4.14. The Morgan fingerprint density at radius 2 is 1.86 bits per heavy atom. The van der Waals surface area contributed by atoms with Gasteiger partial charge in [-0.1, -0.05) is 6.07 Å². The molecule has 0 bridgehead atoms. The van der Waals surface area contributed by atoms with Gasteiger partial charge in [0.15, 0.2) is 11.5 Å². The van der Waals surface area contributed by atoms with Crippen LogP contribution in [0.3, 0.4) is 0 Å². The molecule has 2 heterocycles. The number of nitrogens with one attached hydrogen (secondary N) is 2. The van der Waals surface area contributed by atoms with Crippen molar-refractivity contribution >= 4 is 35.2 Å². The molecule has 186 valence electrons. The van der Waals surface area contributed by atoms with Crippen LogP contribution in [0.2, 0.25) is 0 Å². The quantitative estimate of drug-likeness (QED) is 0.460. The van der Waals surface area contributed by atoms with Crippen LogP contribution >= 0.6 is 0 Å². The Morgan fingerprint density at radius 1 is 1.06 bits per heavy atom. The lowest BCUT2D eigenvalue weighted by atomic mass is 10.1. The third-order valence-electron chi connectivity index (χ3n) is 5.80. The van der Waals surface area contributed by atoms with Crippen molar-refractivity contribution in [1.29, 1.82) is 0 Å². The van der Waals surface area contributed by atoms with Crippen LogP contribution in [0.15, 0.2) is 64.9 Å². The van der Waals surface area contributed by atoms with E-state index < -0.39 is 11.8 Å². The summed E-state index contributed by atoms with van der Waals surface area (Å²) < 4.78 is 15.8. The molecule has 0 saturated carbocycles. The largest absolute Gasteiger partial charge is 0.493 e. The van der Waals surface area contributed by atoms with E-state index in [0.717, 1.165) is 17.7 Å². The number of nitrogens with zero attached hydrogens (tertiary/aromatic N) is 1. The molecule has 1 aliphatic heterocycles. The van der Waals surface area contributed by atoms with E-state index in [4.69, 9.17) is 13.9 Å². The highest BCUT2D eigenvalue weighted by Gasteiger charge is 2.24. The molecular formula is C27H27N3O6. The number of methoxy groups -OCH3 is 2. The van der Waals surface area contributed by atoms with E-state index in [1.807, 2.05) is 13.0 Å². The van der Waals surface area contributed by atoms with Crippen molar-refractivity contribution in [3.63, 3.8) is 0 Å². The van der Waals surface area contributed by atoms with E-state index in [0.29, 0.717) is 35.9 Å². The molecule has 0 aliphatic carbocycles. The summed E-state index contributed by atoms with van der Waals surface area (Å²) in [5.74, 6) is 0.237.